The van der Waals surface area contributed by atoms with Gasteiger partial charge in [-0.2, -0.15) is 5.10 Å². The molecule has 5 rings (SSSR count). The van der Waals surface area contributed by atoms with Crippen LogP contribution in [-0.4, -0.2) is 77.4 Å². The Morgan fingerprint density at radius 1 is 1.00 bits per heavy atom. The van der Waals surface area contributed by atoms with Crippen molar-refractivity contribution in [1.82, 2.24) is 14.8 Å². The molecule has 1 N–H and O–H groups in total. The highest BCUT2D eigenvalue weighted by Gasteiger charge is 2.33. The Bertz CT molecular complexity index is 1180. The van der Waals surface area contributed by atoms with Crippen molar-refractivity contribution in [3.63, 3.8) is 0 Å². The number of hydrogen-bond acceptors (Lipinski definition) is 6. The van der Waals surface area contributed by atoms with Gasteiger partial charge >= 0.3 is 0 Å². The number of aromatic hydroxyl groups is 1. The molecule has 0 aromatic heterocycles. The SMILES string of the molecule is C=C(N=C1/C(=C(\C)N2CCOCC2)C=NN1C1CCN(Cc2ccccc2)CC1)c1ccccc1O.CCC. The van der Waals surface area contributed by atoms with Gasteiger partial charge in [0.05, 0.1) is 36.7 Å². The number of allylic oxidation sites excluding steroid dienone is 1. The van der Waals surface area contributed by atoms with Gasteiger partial charge in [-0.15, -0.1) is 0 Å². The summed E-state index contributed by atoms with van der Waals surface area (Å²) in [6, 6.07) is 18.1. The van der Waals surface area contributed by atoms with Crippen LogP contribution in [0.2, 0.25) is 0 Å². The topological polar surface area (TPSA) is 63.9 Å². The molecule has 208 valence electrons. The van der Waals surface area contributed by atoms with Crippen LogP contribution >= 0.6 is 0 Å². The zero-order valence-electron chi connectivity index (χ0n) is 23.7. The maximum absolute atomic E-state index is 10.4. The van der Waals surface area contributed by atoms with E-state index < -0.39 is 0 Å². The molecule has 39 heavy (non-hydrogen) atoms. The second kappa shape index (κ2) is 14.1. The smallest absolute Gasteiger partial charge is 0.160 e. The minimum absolute atomic E-state index is 0.182. The monoisotopic (exact) mass is 529 g/mol. The molecule has 0 spiro atoms. The largest absolute Gasteiger partial charge is 0.507 e. The van der Waals surface area contributed by atoms with E-state index in [0.717, 1.165) is 75.9 Å². The van der Waals surface area contributed by atoms with Gasteiger partial charge in [-0.1, -0.05) is 69.3 Å². The average molecular weight is 530 g/mol. The fourth-order valence-corrected chi connectivity index (χ4v) is 5.13. The van der Waals surface area contributed by atoms with Crippen molar-refractivity contribution >= 4 is 17.7 Å². The van der Waals surface area contributed by atoms with Crippen molar-refractivity contribution in [2.75, 3.05) is 39.4 Å². The van der Waals surface area contributed by atoms with Gasteiger partial charge < -0.3 is 14.7 Å². The number of likely N-dealkylation sites (tertiary alicyclic amines) is 1. The predicted octanol–water partition coefficient (Wildman–Crippen LogP) is 5.75. The Labute approximate surface area is 233 Å². The van der Waals surface area contributed by atoms with E-state index in [1.807, 2.05) is 18.3 Å². The second-order valence-electron chi connectivity index (χ2n) is 10.3. The Morgan fingerprint density at radius 3 is 2.31 bits per heavy atom. The van der Waals surface area contributed by atoms with E-state index in [9.17, 15) is 5.11 Å². The third kappa shape index (κ3) is 7.37. The number of para-hydroxylation sites is 1. The molecule has 3 heterocycles. The summed E-state index contributed by atoms with van der Waals surface area (Å²) in [7, 11) is 0. The maximum Gasteiger partial charge on any atom is 0.160 e. The van der Waals surface area contributed by atoms with Crippen molar-refractivity contribution in [3.05, 3.63) is 83.6 Å². The zero-order chi connectivity index (χ0) is 27.6. The fourth-order valence-electron chi connectivity index (χ4n) is 5.13. The lowest BCUT2D eigenvalue weighted by Crippen LogP contribution is -2.44. The van der Waals surface area contributed by atoms with E-state index in [-0.39, 0.29) is 11.8 Å². The van der Waals surface area contributed by atoms with E-state index in [2.05, 4.69) is 72.5 Å². The van der Waals surface area contributed by atoms with E-state index in [0.29, 0.717) is 11.3 Å². The number of phenols is 1. The molecule has 2 saturated heterocycles. The van der Waals surface area contributed by atoms with E-state index in [1.165, 1.54) is 12.0 Å². The van der Waals surface area contributed by atoms with Crippen LogP contribution in [0.4, 0.5) is 0 Å². The van der Waals surface area contributed by atoms with Crippen molar-refractivity contribution < 1.29 is 9.84 Å². The summed E-state index contributed by atoms with van der Waals surface area (Å²) in [6.45, 7) is 16.8. The Hall–Kier alpha value is -3.42. The molecule has 0 aliphatic carbocycles. The van der Waals surface area contributed by atoms with Gasteiger partial charge in [0.1, 0.15) is 5.75 Å². The third-order valence-corrected chi connectivity index (χ3v) is 7.25. The molecule has 0 amide bonds. The van der Waals surface area contributed by atoms with Gasteiger partial charge in [0.2, 0.25) is 0 Å². The van der Waals surface area contributed by atoms with Gasteiger partial charge in [0.25, 0.3) is 0 Å². The van der Waals surface area contributed by atoms with Crippen LogP contribution in [0.3, 0.4) is 0 Å². The van der Waals surface area contributed by atoms with Gasteiger partial charge in [-0.3, -0.25) is 4.90 Å². The molecule has 7 heteroatoms. The second-order valence-corrected chi connectivity index (χ2v) is 10.3. The van der Waals surface area contributed by atoms with Gasteiger partial charge in [-0.05, 0) is 37.5 Å². The highest BCUT2D eigenvalue weighted by Crippen LogP contribution is 2.30. The quantitative estimate of drug-likeness (QED) is 0.516. The van der Waals surface area contributed by atoms with E-state index in [1.54, 1.807) is 12.1 Å². The molecule has 2 aromatic rings. The molecular formula is C32H43N5O2. The number of morpholine rings is 1. The molecule has 7 nitrogen and oxygen atoms in total. The van der Waals surface area contributed by atoms with Crippen LogP contribution in [-0.2, 0) is 11.3 Å². The number of nitrogens with zero attached hydrogens (tertiary/aromatic N) is 5. The number of piperidine rings is 1. The molecule has 0 atom stereocenters. The normalized spacial score (nSPS) is 20.6. The molecule has 2 aromatic carbocycles. The molecular weight excluding hydrogens is 486 g/mol. The molecule has 0 bridgehead atoms. The first-order chi connectivity index (χ1) is 19.0. The molecule has 0 radical (unpaired) electrons. The summed E-state index contributed by atoms with van der Waals surface area (Å²) in [4.78, 5) is 9.84. The summed E-state index contributed by atoms with van der Waals surface area (Å²) < 4.78 is 5.56. The molecule has 3 aliphatic heterocycles. The minimum Gasteiger partial charge on any atom is -0.507 e. The van der Waals surface area contributed by atoms with Crippen molar-refractivity contribution in [1.29, 1.82) is 0 Å². The number of hydrazone groups is 1. The van der Waals surface area contributed by atoms with Crippen LogP contribution in [0.15, 0.2) is 82.5 Å². The van der Waals surface area contributed by atoms with Crippen molar-refractivity contribution in [3.8, 4) is 5.75 Å². The highest BCUT2D eigenvalue weighted by atomic mass is 16.5. The van der Waals surface area contributed by atoms with Crippen LogP contribution in [0.1, 0.15) is 51.2 Å². The molecule has 3 aliphatic rings. The van der Waals surface area contributed by atoms with Gasteiger partial charge in [0.15, 0.2) is 5.84 Å². The summed E-state index contributed by atoms with van der Waals surface area (Å²) in [5.41, 5.74) is 4.68. The van der Waals surface area contributed by atoms with Gasteiger partial charge in [-0.25, -0.2) is 10.0 Å². The number of amidine groups is 1. The molecule has 0 unspecified atom stereocenters. The first-order valence-electron chi connectivity index (χ1n) is 14.2. The number of rotatable bonds is 6. The lowest BCUT2D eigenvalue weighted by Gasteiger charge is -2.36. The summed E-state index contributed by atoms with van der Waals surface area (Å²) in [5.74, 6) is 0.996. The van der Waals surface area contributed by atoms with Crippen LogP contribution in [0.5, 0.6) is 5.75 Å². The zero-order valence-corrected chi connectivity index (χ0v) is 23.7. The van der Waals surface area contributed by atoms with Crippen LogP contribution < -0.4 is 0 Å². The average Bonchev–Trinajstić information content (AvgIpc) is 3.38. The number of aliphatic imine (C=N–C) groups is 1. The number of hydrogen-bond donors (Lipinski definition) is 1. The van der Waals surface area contributed by atoms with Gasteiger partial charge in [0, 0.05) is 44.0 Å². The highest BCUT2D eigenvalue weighted by molar-refractivity contribution is 6.19. The van der Waals surface area contributed by atoms with Crippen LogP contribution in [0, 0.1) is 0 Å². The minimum atomic E-state index is 0.182. The summed E-state index contributed by atoms with van der Waals surface area (Å²) in [5, 5.41) is 17.3. The molecule has 2 fully saturated rings. The lowest BCUT2D eigenvalue weighted by molar-refractivity contribution is 0.0536. The Kier molecular flexibility index (Phi) is 10.3. The fraction of sp³-hybridized carbons (Fsp3) is 0.438. The Morgan fingerprint density at radius 2 is 1.64 bits per heavy atom. The maximum atomic E-state index is 10.4. The van der Waals surface area contributed by atoms with E-state index in [4.69, 9.17) is 14.8 Å². The van der Waals surface area contributed by atoms with Crippen LogP contribution in [0.25, 0.3) is 5.70 Å². The predicted molar refractivity (Wildman–Crippen MR) is 161 cm³/mol. The number of ether oxygens (including phenoxy) is 1. The third-order valence-electron chi connectivity index (χ3n) is 7.25. The number of phenolic OH excluding ortho intramolecular Hbond substituents is 1. The van der Waals surface area contributed by atoms with Crippen molar-refractivity contribution in [2.24, 2.45) is 10.1 Å². The van der Waals surface area contributed by atoms with E-state index >= 15 is 0 Å². The summed E-state index contributed by atoms with van der Waals surface area (Å²) >= 11 is 0. The standard InChI is InChI=1S/C29H35N5O2.C3H8/c1-22(26-10-6-7-11-28(26)35)31-29-27(23(2)33-16-18-36-19-17-33)20-30-34(29)25-12-14-32(15-13-25)21-24-8-4-3-5-9-24;1-3-2/h3-11,20,25,35H,1,12-19,21H2,2H3;3H2,1-2H3/b27-23+,31-29?;. The number of benzene rings is 2. The Balaban J connectivity index is 0.00000112. The first-order valence-corrected chi connectivity index (χ1v) is 14.2. The lowest BCUT2D eigenvalue weighted by atomic mass is 10.0. The van der Waals surface area contributed by atoms with Crippen molar-refractivity contribution in [2.45, 2.75) is 52.6 Å². The first kappa shape index (κ1) is 28.6. The molecule has 0 saturated carbocycles. The summed E-state index contributed by atoms with van der Waals surface area (Å²) in [6.07, 6.45) is 5.21.